The second-order valence-electron chi connectivity index (χ2n) is 6.80. The van der Waals surface area contributed by atoms with Gasteiger partial charge in [-0.2, -0.15) is 4.98 Å². The van der Waals surface area contributed by atoms with Crippen LogP contribution in [0.5, 0.6) is 0 Å². The van der Waals surface area contributed by atoms with Gasteiger partial charge in [-0.05, 0) is 43.1 Å². The Morgan fingerprint density at radius 3 is 2.71 bits per heavy atom. The van der Waals surface area contributed by atoms with Crippen LogP contribution in [0.4, 0.5) is 0 Å². The van der Waals surface area contributed by atoms with Crippen LogP contribution in [-0.4, -0.2) is 28.9 Å². The van der Waals surface area contributed by atoms with Gasteiger partial charge >= 0.3 is 0 Å². The van der Waals surface area contributed by atoms with Crippen molar-refractivity contribution in [3.8, 4) is 11.4 Å². The molecule has 2 aromatic carbocycles. The van der Waals surface area contributed by atoms with Crippen molar-refractivity contribution in [3.05, 3.63) is 70.0 Å². The quantitative estimate of drug-likeness (QED) is 0.450. The molecule has 28 heavy (non-hydrogen) atoms. The molecular weight excluding hydrogens is 420 g/mol. The number of oxime groups is 1. The van der Waals surface area contributed by atoms with E-state index in [4.69, 9.17) is 9.36 Å². The molecule has 1 N–H and O–H groups in total. The van der Waals surface area contributed by atoms with E-state index in [1.807, 2.05) is 55.5 Å². The minimum Gasteiger partial charge on any atom is -0.391 e. The Morgan fingerprint density at radius 1 is 1.21 bits per heavy atom. The molecule has 144 valence electrons. The molecule has 1 aliphatic rings. The van der Waals surface area contributed by atoms with E-state index in [0.29, 0.717) is 24.2 Å². The predicted octanol–water partition coefficient (Wildman–Crippen LogP) is 4.52. The summed E-state index contributed by atoms with van der Waals surface area (Å²) in [6.45, 7) is 4.26. The highest BCUT2D eigenvalue weighted by molar-refractivity contribution is 9.10. The summed E-state index contributed by atoms with van der Waals surface area (Å²) >= 11 is 3.42. The van der Waals surface area contributed by atoms with E-state index in [0.717, 1.165) is 46.4 Å². The molecule has 0 spiro atoms. The topological polar surface area (TPSA) is 72.5 Å². The number of nitrogens with one attached hydrogen (secondary N) is 1. The van der Waals surface area contributed by atoms with Gasteiger partial charge in [0.2, 0.25) is 11.7 Å². The van der Waals surface area contributed by atoms with E-state index in [1.54, 1.807) is 0 Å². The van der Waals surface area contributed by atoms with Gasteiger partial charge in [0.25, 0.3) is 0 Å². The molecule has 0 radical (unpaired) electrons. The van der Waals surface area contributed by atoms with Gasteiger partial charge in [0.1, 0.15) is 6.61 Å². The van der Waals surface area contributed by atoms with Crippen molar-refractivity contribution in [2.45, 2.75) is 25.9 Å². The van der Waals surface area contributed by atoms with Crippen molar-refractivity contribution < 1.29 is 9.36 Å². The van der Waals surface area contributed by atoms with Crippen molar-refractivity contribution in [1.82, 2.24) is 15.5 Å². The summed E-state index contributed by atoms with van der Waals surface area (Å²) in [5.74, 6) is 1.65. The summed E-state index contributed by atoms with van der Waals surface area (Å²) in [7, 11) is 0. The Morgan fingerprint density at radius 2 is 2.00 bits per heavy atom. The van der Waals surface area contributed by atoms with Crippen LogP contribution >= 0.6 is 15.9 Å². The normalized spacial score (nSPS) is 17.1. The average Bonchev–Trinajstić information content (AvgIpc) is 3.41. The van der Waals surface area contributed by atoms with Crippen molar-refractivity contribution in [3.63, 3.8) is 0 Å². The maximum atomic E-state index is 5.48. The molecule has 0 aliphatic carbocycles. The van der Waals surface area contributed by atoms with Crippen LogP contribution in [0.25, 0.3) is 11.4 Å². The van der Waals surface area contributed by atoms with Gasteiger partial charge in [-0.15, -0.1) is 0 Å². The van der Waals surface area contributed by atoms with Gasteiger partial charge in [0.15, 0.2) is 0 Å². The Labute approximate surface area is 172 Å². The molecule has 1 atom stereocenters. The third-order valence-electron chi connectivity index (χ3n) is 4.76. The maximum absolute atomic E-state index is 5.48. The van der Waals surface area contributed by atoms with Crippen molar-refractivity contribution >= 4 is 21.6 Å². The van der Waals surface area contributed by atoms with Gasteiger partial charge in [-0.1, -0.05) is 62.6 Å². The monoisotopic (exact) mass is 440 g/mol. The summed E-state index contributed by atoms with van der Waals surface area (Å²) in [6, 6.07) is 15.9. The number of hydrogen-bond acceptors (Lipinski definition) is 6. The first-order valence-electron chi connectivity index (χ1n) is 9.25. The summed E-state index contributed by atoms with van der Waals surface area (Å²) in [6.07, 6.45) is 1.04. The van der Waals surface area contributed by atoms with Crippen molar-refractivity contribution in [2.75, 3.05) is 13.1 Å². The highest BCUT2D eigenvalue weighted by Gasteiger charge is 2.23. The van der Waals surface area contributed by atoms with E-state index in [-0.39, 0.29) is 0 Å². The highest BCUT2D eigenvalue weighted by atomic mass is 79.9. The molecule has 3 aromatic rings. The lowest BCUT2D eigenvalue weighted by Gasteiger charge is -2.04. The first-order valence-corrected chi connectivity index (χ1v) is 10.0. The molecule has 1 fully saturated rings. The lowest BCUT2D eigenvalue weighted by Crippen LogP contribution is -2.08. The molecule has 1 aromatic heterocycles. The zero-order chi connectivity index (χ0) is 19.3. The van der Waals surface area contributed by atoms with Crippen molar-refractivity contribution in [1.29, 1.82) is 0 Å². The molecule has 2 heterocycles. The van der Waals surface area contributed by atoms with Crippen molar-refractivity contribution in [2.24, 2.45) is 5.16 Å². The molecule has 4 rings (SSSR count). The molecule has 0 amide bonds. The largest absolute Gasteiger partial charge is 0.391 e. The average molecular weight is 441 g/mol. The van der Waals surface area contributed by atoms with Gasteiger partial charge < -0.3 is 14.7 Å². The fraction of sp³-hybridized carbons (Fsp3) is 0.286. The third kappa shape index (κ3) is 4.48. The van der Waals surface area contributed by atoms with Crippen LogP contribution < -0.4 is 5.32 Å². The van der Waals surface area contributed by atoms with Crippen LogP contribution in [0.15, 0.2) is 62.7 Å². The Kier molecular flexibility index (Phi) is 5.83. The van der Waals surface area contributed by atoms with E-state index in [2.05, 4.69) is 36.5 Å². The SMILES string of the molecule is CC(=NOCc1ccc(Br)cc1)c1ccc(-c2noc(C3CCNC3)n2)cc1. The minimum atomic E-state index is 0.317. The summed E-state index contributed by atoms with van der Waals surface area (Å²) in [5.41, 5.74) is 3.80. The number of benzene rings is 2. The Balaban J connectivity index is 1.38. The first-order chi connectivity index (χ1) is 13.7. The fourth-order valence-corrected chi connectivity index (χ4v) is 3.35. The highest BCUT2D eigenvalue weighted by Crippen LogP contribution is 2.24. The Hall–Kier alpha value is -2.51. The number of aromatic nitrogens is 2. The second kappa shape index (κ2) is 8.67. The van der Waals surface area contributed by atoms with Crippen LogP contribution in [-0.2, 0) is 11.4 Å². The standard InChI is InChI=1S/C21H21BrN4O2/c1-14(25-27-13-15-2-8-19(22)9-3-15)16-4-6-17(7-5-16)20-24-21(28-26-20)18-10-11-23-12-18/h2-9,18,23H,10-13H2,1H3. The number of nitrogens with zero attached hydrogens (tertiary/aromatic N) is 3. The zero-order valence-corrected chi connectivity index (χ0v) is 17.1. The summed E-state index contributed by atoms with van der Waals surface area (Å²) < 4.78 is 6.48. The zero-order valence-electron chi connectivity index (χ0n) is 15.6. The van der Waals surface area contributed by atoms with E-state index < -0.39 is 0 Å². The van der Waals surface area contributed by atoms with Crippen LogP contribution in [0.2, 0.25) is 0 Å². The minimum absolute atomic E-state index is 0.317. The van der Waals surface area contributed by atoms with Crippen LogP contribution in [0, 0.1) is 0 Å². The first kappa shape index (κ1) is 18.8. The lowest BCUT2D eigenvalue weighted by molar-refractivity contribution is 0.130. The number of halogens is 1. The number of rotatable bonds is 6. The van der Waals surface area contributed by atoms with Gasteiger partial charge in [-0.3, -0.25) is 0 Å². The van der Waals surface area contributed by atoms with Gasteiger partial charge in [-0.25, -0.2) is 0 Å². The number of hydrogen-bond donors (Lipinski definition) is 1. The smallest absolute Gasteiger partial charge is 0.231 e. The van der Waals surface area contributed by atoms with Crippen LogP contribution in [0.3, 0.4) is 0 Å². The third-order valence-corrected chi connectivity index (χ3v) is 5.29. The molecule has 1 aliphatic heterocycles. The molecule has 7 heteroatoms. The molecular formula is C21H21BrN4O2. The lowest BCUT2D eigenvalue weighted by atomic mass is 10.1. The second-order valence-corrected chi connectivity index (χ2v) is 7.72. The molecule has 0 bridgehead atoms. The maximum Gasteiger partial charge on any atom is 0.231 e. The van der Waals surface area contributed by atoms with E-state index in [1.165, 1.54) is 0 Å². The fourth-order valence-electron chi connectivity index (χ4n) is 3.08. The molecule has 1 saturated heterocycles. The molecule has 1 unspecified atom stereocenters. The molecule has 6 nitrogen and oxygen atoms in total. The van der Waals surface area contributed by atoms with Crippen LogP contribution in [0.1, 0.15) is 36.3 Å². The van der Waals surface area contributed by atoms with E-state index in [9.17, 15) is 0 Å². The van der Waals surface area contributed by atoms with Gasteiger partial charge in [0, 0.05) is 16.6 Å². The predicted molar refractivity (Wildman–Crippen MR) is 111 cm³/mol. The van der Waals surface area contributed by atoms with Gasteiger partial charge in [0.05, 0.1) is 11.6 Å². The Bertz CT molecular complexity index is 945. The molecule has 0 saturated carbocycles. The summed E-state index contributed by atoms with van der Waals surface area (Å²) in [5, 5.41) is 11.7. The summed E-state index contributed by atoms with van der Waals surface area (Å²) in [4.78, 5) is 10.0. The van der Waals surface area contributed by atoms with E-state index >= 15 is 0 Å².